The molecule has 0 amide bonds. The number of hydrogen-bond donors (Lipinski definition) is 1. The van der Waals surface area contributed by atoms with Gasteiger partial charge in [-0.2, -0.15) is 0 Å². The van der Waals surface area contributed by atoms with Gasteiger partial charge in [-0.1, -0.05) is 36.4 Å². The molecule has 0 bridgehead atoms. The van der Waals surface area contributed by atoms with Crippen molar-refractivity contribution in [2.24, 2.45) is 0 Å². The second-order valence-electron chi connectivity index (χ2n) is 6.26. The topological polar surface area (TPSA) is 59.5 Å². The number of rotatable bonds is 6. The fourth-order valence-corrected chi connectivity index (χ4v) is 2.93. The van der Waals surface area contributed by atoms with Gasteiger partial charge in [-0.05, 0) is 18.2 Å². The average Bonchev–Trinajstić information content (AvgIpc) is 2.75. The Morgan fingerprint density at radius 3 is 2.44 bits per heavy atom. The molecule has 1 fully saturated rings. The number of benzene rings is 2. The summed E-state index contributed by atoms with van der Waals surface area (Å²) in [7, 11) is 0. The second kappa shape index (κ2) is 8.51. The Bertz CT molecular complexity index is 850. The van der Waals surface area contributed by atoms with Crippen molar-refractivity contribution < 1.29 is 9.47 Å². The van der Waals surface area contributed by atoms with Gasteiger partial charge in [0.15, 0.2) is 0 Å². The number of nitrogens with one attached hydrogen (secondary N) is 1. The first-order valence-corrected chi connectivity index (χ1v) is 9.10. The Hall–Kier alpha value is -3.12. The number of aromatic nitrogens is 2. The van der Waals surface area contributed by atoms with Crippen molar-refractivity contribution in [3.63, 3.8) is 0 Å². The molecule has 1 aliphatic rings. The maximum Gasteiger partial charge on any atom is 0.232 e. The lowest BCUT2D eigenvalue weighted by Crippen LogP contribution is -2.43. The molecule has 0 spiro atoms. The molecule has 1 aromatic heterocycles. The van der Waals surface area contributed by atoms with Crippen LogP contribution in [0.5, 0.6) is 17.4 Å². The fraction of sp³-hybridized carbons (Fsp3) is 0.238. The zero-order valence-electron chi connectivity index (χ0n) is 15.0. The molecular weight excluding hydrogens is 340 g/mol. The van der Waals surface area contributed by atoms with Crippen molar-refractivity contribution in [1.29, 1.82) is 0 Å². The summed E-state index contributed by atoms with van der Waals surface area (Å²) in [5.74, 6) is 2.96. The van der Waals surface area contributed by atoms with Crippen molar-refractivity contribution in [3.05, 3.63) is 72.6 Å². The molecule has 0 atom stereocenters. The Morgan fingerprint density at radius 1 is 0.889 bits per heavy atom. The molecule has 0 saturated carbocycles. The van der Waals surface area contributed by atoms with Gasteiger partial charge in [-0.15, -0.1) is 0 Å². The first-order valence-electron chi connectivity index (χ1n) is 9.10. The summed E-state index contributed by atoms with van der Waals surface area (Å²) < 4.78 is 11.8. The maximum absolute atomic E-state index is 5.97. The van der Waals surface area contributed by atoms with Crippen molar-refractivity contribution in [2.45, 2.75) is 6.61 Å². The monoisotopic (exact) mass is 362 g/mol. The van der Waals surface area contributed by atoms with Crippen molar-refractivity contribution in [2.75, 3.05) is 31.1 Å². The molecule has 6 heteroatoms. The minimum atomic E-state index is 0.366. The van der Waals surface area contributed by atoms with Gasteiger partial charge in [0.1, 0.15) is 23.9 Å². The van der Waals surface area contributed by atoms with Crippen LogP contribution in [0.2, 0.25) is 0 Å². The van der Waals surface area contributed by atoms with Crippen molar-refractivity contribution in [3.8, 4) is 17.4 Å². The first kappa shape index (κ1) is 17.3. The molecular formula is C21H22N4O2. The van der Waals surface area contributed by atoms with Gasteiger partial charge in [0.25, 0.3) is 0 Å². The summed E-state index contributed by atoms with van der Waals surface area (Å²) in [6.45, 7) is 4.19. The van der Waals surface area contributed by atoms with E-state index >= 15 is 0 Å². The molecule has 2 heterocycles. The molecule has 27 heavy (non-hydrogen) atoms. The van der Waals surface area contributed by atoms with Crippen LogP contribution < -0.4 is 19.7 Å². The van der Waals surface area contributed by atoms with Crippen LogP contribution in [0.15, 0.2) is 67.0 Å². The largest absolute Gasteiger partial charge is 0.472 e. The summed E-state index contributed by atoms with van der Waals surface area (Å²) in [6, 6.07) is 17.6. The van der Waals surface area contributed by atoms with E-state index in [9.17, 15) is 0 Å². The van der Waals surface area contributed by atoms with Gasteiger partial charge in [0.2, 0.25) is 5.88 Å². The molecule has 3 aromatic rings. The third-order valence-corrected chi connectivity index (χ3v) is 4.37. The van der Waals surface area contributed by atoms with Gasteiger partial charge in [-0.3, -0.25) is 0 Å². The van der Waals surface area contributed by atoms with Crippen LogP contribution in [0.1, 0.15) is 5.56 Å². The van der Waals surface area contributed by atoms with E-state index in [1.165, 1.54) is 0 Å². The van der Waals surface area contributed by atoms with E-state index in [2.05, 4.69) is 20.2 Å². The molecule has 6 nitrogen and oxygen atoms in total. The van der Waals surface area contributed by atoms with Crippen LogP contribution >= 0.6 is 0 Å². The minimum absolute atomic E-state index is 0.366. The third kappa shape index (κ3) is 4.54. The second-order valence-corrected chi connectivity index (χ2v) is 6.26. The predicted octanol–water partition coefficient (Wildman–Crippen LogP) is 3.26. The van der Waals surface area contributed by atoms with Gasteiger partial charge >= 0.3 is 0 Å². The lowest BCUT2D eigenvalue weighted by molar-refractivity contribution is 0.287. The zero-order valence-corrected chi connectivity index (χ0v) is 15.0. The van der Waals surface area contributed by atoms with E-state index in [0.29, 0.717) is 12.5 Å². The summed E-state index contributed by atoms with van der Waals surface area (Å²) >= 11 is 0. The Morgan fingerprint density at radius 2 is 1.67 bits per heavy atom. The number of ether oxygens (including phenoxy) is 2. The summed E-state index contributed by atoms with van der Waals surface area (Å²) in [6.07, 6.45) is 3.45. The normalized spacial score (nSPS) is 14.0. The Labute approximate surface area is 158 Å². The first-order chi connectivity index (χ1) is 13.4. The van der Waals surface area contributed by atoms with Gasteiger partial charge in [0, 0.05) is 31.7 Å². The maximum atomic E-state index is 5.97. The molecule has 0 unspecified atom stereocenters. The molecule has 0 radical (unpaired) electrons. The zero-order chi connectivity index (χ0) is 18.3. The van der Waals surface area contributed by atoms with Crippen LogP contribution in [0.3, 0.4) is 0 Å². The highest BCUT2D eigenvalue weighted by Crippen LogP contribution is 2.26. The molecule has 1 saturated heterocycles. The van der Waals surface area contributed by atoms with E-state index in [1.54, 1.807) is 12.4 Å². The predicted molar refractivity (Wildman–Crippen MR) is 104 cm³/mol. The molecule has 0 aliphatic carbocycles. The van der Waals surface area contributed by atoms with Crippen LogP contribution in [-0.2, 0) is 6.61 Å². The smallest absolute Gasteiger partial charge is 0.232 e. The summed E-state index contributed by atoms with van der Waals surface area (Å²) in [4.78, 5) is 11.1. The lowest BCUT2D eigenvalue weighted by atomic mass is 10.2. The number of anilines is 1. The molecule has 1 aliphatic heterocycles. The van der Waals surface area contributed by atoms with E-state index in [0.717, 1.165) is 49.1 Å². The highest BCUT2D eigenvalue weighted by Gasteiger charge is 2.12. The van der Waals surface area contributed by atoms with E-state index in [1.807, 2.05) is 54.6 Å². The Kier molecular flexibility index (Phi) is 5.45. The SMILES string of the molecule is c1ccc(Oc2ccccc2COc2cnc(N3CCNCC3)cn2)cc1. The number of nitrogens with zero attached hydrogens (tertiary/aromatic N) is 3. The molecule has 2 aromatic carbocycles. The highest BCUT2D eigenvalue weighted by atomic mass is 16.5. The third-order valence-electron chi connectivity index (χ3n) is 4.37. The van der Waals surface area contributed by atoms with E-state index in [-0.39, 0.29) is 0 Å². The summed E-state index contributed by atoms with van der Waals surface area (Å²) in [5.41, 5.74) is 0.953. The number of para-hydroxylation sites is 2. The quantitative estimate of drug-likeness (QED) is 0.726. The van der Waals surface area contributed by atoms with Gasteiger partial charge < -0.3 is 19.7 Å². The van der Waals surface area contributed by atoms with Gasteiger partial charge in [-0.25, -0.2) is 9.97 Å². The van der Waals surface area contributed by atoms with Gasteiger partial charge in [0.05, 0.1) is 12.4 Å². The van der Waals surface area contributed by atoms with E-state index < -0.39 is 0 Å². The van der Waals surface area contributed by atoms with Crippen LogP contribution in [0.4, 0.5) is 5.82 Å². The molecule has 138 valence electrons. The standard InChI is InChI=1S/C21H22N4O2/c1-2-7-18(8-3-1)27-19-9-5-4-6-17(19)16-26-21-15-23-20(14-24-21)25-12-10-22-11-13-25/h1-9,14-15,22H,10-13,16H2. The van der Waals surface area contributed by atoms with Crippen molar-refractivity contribution >= 4 is 5.82 Å². The van der Waals surface area contributed by atoms with Crippen LogP contribution in [0.25, 0.3) is 0 Å². The Balaban J connectivity index is 1.40. The molecule has 1 N–H and O–H groups in total. The highest BCUT2D eigenvalue weighted by molar-refractivity contribution is 5.39. The number of hydrogen-bond acceptors (Lipinski definition) is 6. The molecule has 4 rings (SSSR count). The fourth-order valence-electron chi connectivity index (χ4n) is 2.93. The minimum Gasteiger partial charge on any atom is -0.472 e. The lowest BCUT2D eigenvalue weighted by Gasteiger charge is -2.27. The van der Waals surface area contributed by atoms with Crippen LogP contribution in [-0.4, -0.2) is 36.1 Å². The summed E-state index contributed by atoms with van der Waals surface area (Å²) in [5, 5.41) is 3.33. The average molecular weight is 362 g/mol. The van der Waals surface area contributed by atoms with Crippen LogP contribution in [0, 0.1) is 0 Å². The van der Waals surface area contributed by atoms with E-state index in [4.69, 9.17) is 9.47 Å². The number of piperazine rings is 1. The van der Waals surface area contributed by atoms with Crippen molar-refractivity contribution in [1.82, 2.24) is 15.3 Å².